The number of likely N-dealkylation sites (N-methyl/N-ethyl adjacent to an activating group) is 1. The van der Waals surface area contributed by atoms with Gasteiger partial charge in [-0.25, -0.2) is 26.3 Å². The number of aromatic nitrogens is 4. The average Bonchev–Trinajstić information content (AvgIpc) is 3.58. The van der Waals surface area contributed by atoms with Crippen molar-refractivity contribution in [3.63, 3.8) is 0 Å². The molecule has 3 aromatic carbocycles. The number of sulfonamides is 2. The number of rotatable bonds is 15. The molecule has 0 saturated carbocycles. The van der Waals surface area contributed by atoms with E-state index < -0.39 is 30.0 Å². The Morgan fingerprint density at radius 3 is 1.90 bits per heavy atom. The van der Waals surface area contributed by atoms with E-state index in [1.54, 1.807) is 74.9 Å². The first kappa shape index (κ1) is 36.2. The van der Waals surface area contributed by atoms with Crippen LogP contribution in [0.1, 0.15) is 22.5 Å². The van der Waals surface area contributed by atoms with Crippen molar-refractivity contribution >= 4 is 25.6 Å². The van der Waals surface area contributed by atoms with E-state index in [1.807, 2.05) is 36.2 Å². The van der Waals surface area contributed by atoms with Crippen LogP contribution >= 0.6 is 0 Å². The van der Waals surface area contributed by atoms with Crippen molar-refractivity contribution in [3.8, 4) is 17.2 Å². The molecule has 1 aliphatic carbocycles. The largest absolute Gasteiger partial charge is 0.497 e. The maximum atomic E-state index is 15.1. The number of tetrazole rings is 1. The molecule has 14 nitrogen and oxygen atoms in total. The van der Waals surface area contributed by atoms with Crippen molar-refractivity contribution in [2.45, 2.75) is 35.5 Å². The van der Waals surface area contributed by atoms with Crippen LogP contribution in [0.25, 0.3) is 5.57 Å². The molecule has 270 valence electrons. The standard InChI is InChI=1S/C35H41N7O7S2/c1-41-23-28(24-41)39-50(43,44)33-7-5-6-32(34-37-40-42(38-34)22-27-12-18-31(49-4)19-13-27)35(33,20-25-8-14-29(47-2)15-9-25)51(45,46)36-21-26-10-16-30(48-3)17-11-26/h5-19,28,33,36,39H,20-24H2,1-4H3. The first-order chi connectivity index (χ1) is 24.5. The third-order valence-corrected chi connectivity index (χ3v) is 13.2. The molecule has 51 heavy (non-hydrogen) atoms. The number of nitrogens with zero attached hydrogens (tertiary/aromatic N) is 5. The van der Waals surface area contributed by atoms with Crippen molar-refractivity contribution in [1.29, 1.82) is 0 Å². The fourth-order valence-electron chi connectivity index (χ4n) is 6.40. The highest BCUT2D eigenvalue weighted by atomic mass is 32.2. The van der Waals surface area contributed by atoms with Crippen LogP contribution in [0.5, 0.6) is 17.2 Å². The molecule has 1 aliphatic heterocycles. The summed E-state index contributed by atoms with van der Waals surface area (Å²) in [6.45, 7) is 1.10. The molecule has 0 radical (unpaired) electrons. The number of hydrogen-bond acceptors (Lipinski definition) is 11. The molecule has 0 spiro atoms. The van der Waals surface area contributed by atoms with Crippen molar-refractivity contribution in [3.05, 3.63) is 114 Å². The predicted octanol–water partition coefficient (Wildman–Crippen LogP) is 2.40. The van der Waals surface area contributed by atoms with E-state index in [0.717, 1.165) is 5.56 Å². The molecule has 1 fully saturated rings. The lowest BCUT2D eigenvalue weighted by Crippen LogP contribution is -2.64. The minimum Gasteiger partial charge on any atom is -0.497 e. The van der Waals surface area contributed by atoms with Crippen LogP contribution in [-0.2, 0) is 39.6 Å². The summed E-state index contributed by atoms with van der Waals surface area (Å²) in [5.41, 5.74) is 2.14. The Morgan fingerprint density at radius 1 is 0.804 bits per heavy atom. The Bertz CT molecular complexity index is 2100. The number of nitrogens with one attached hydrogen (secondary N) is 2. The zero-order valence-corrected chi connectivity index (χ0v) is 30.4. The fraction of sp³-hybridized carbons (Fsp3) is 0.343. The lowest BCUT2D eigenvalue weighted by molar-refractivity contribution is 0.180. The normalized spacial score (nSPS) is 19.7. The van der Waals surface area contributed by atoms with Gasteiger partial charge < -0.3 is 19.1 Å². The van der Waals surface area contributed by atoms with Gasteiger partial charge in [-0.15, -0.1) is 10.2 Å². The van der Waals surface area contributed by atoms with Crippen LogP contribution in [0.2, 0.25) is 0 Å². The monoisotopic (exact) mass is 735 g/mol. The lowest BCUT2D eigenvalue weighted by Gasteiger charge is -2.43. The van der Waals surface area contributed by atoms with Gasteiger partial charge in [0.25, 0.3) is 0 Å². The van der Waals surface area contributed by atoms with Crippen LogP contribution in [0.15, 0.2) is 91.0 Å². The van der Waals surface area contributed by atoms with E-state index in [4.69, 9.17) is 14.2 Å². The van der Waals surface area contributed by atoms with Gasteiger partial charge in [0, 0.05) is 31.2 Å². The van der Waals surface area contributed by atoms with E-state index in [2.05, 4.69) is 24.9 Å². The average molecular weight is 736 g/mol. The summed E-state index contributed by atoms with van der Waals surface area (Å²) in [6, 6.07) is 20.8. The number of benzene rings is 3. The quantitative estimate of drug-likeness (QED) is 0.184. The van der Waals surface area contributed by atoms with Gasteiger partial charge in [-0.2, -0.15) is 4.80 Å². The first-order valence-corrected chi connectivity index (χ1v) is 19.2. The van der Waals surface area contributed by atoms with Gasteiger partial charge in [0.15, 0.2) is 0 Å². The summed E-state index contributed by atoms with van der Waals surface area (Å²) in [5.74, 6) is 1.86. The van der Waals surface area contributed by atoms with E-state index >= 15 is 8.42 Å². The molecule has 1 aromatic heterocycles. The first-order valence-electron chi connectivity index (χ1n) is 16.2. The molecule has 6 rings (SSSR count). The summed E-state index contributed by atoms with van der Waals surface area (Å²) in [7, 11) is -2.38. The van der Waals surface area contributed by atoms with Crippen LogP contribution in [0.3, 0.4) is 0 Å². The summed E-state index contributed by atoms with van der Waals surface area (Å²) in [4.78, 5) is 3.32. The Morgan fingerprint density at radius 2 is 1.35 bits per heavy atom. The molecule has 2 unspecified atom stereocenters. The molecule has 16 heteroatoms. The van der Waals surface area contributed by atoms with Crippen molar-refractivity contribution in [2.24, 2.45) is 0 Å². The molecule has 2 N–H and O–H groups in total. The maximum Gasteiger partial charge on any atom is 0.224 e. The number of ether oxygens (including phenoxy) is 3. The zero-order valence-electron chi connectivity index (χ0n) is 28.8. The van der Waals surface area contributed by atoms with Crippen molar-refractivity contribution in [2.75, 3.05) is 41.5 Å². The zero-order chi connectivity index (χ0) is 36.2. The predicted molar refractivity (Wildman–Crippen MR) is 192 cm³/mol. The fourth-order valence-corrected chi connectivity index (χ4v) is 10.7. The van der Waals surface area contributed by atoms with E-state index in [9.17, 15) is 8.42 Å². The van der Waals surface area contributed by atoms with Crippen LogP contribution < -0.4 is 23.7 Å². The highest BCUT2D eigenvalue weighted by Gasteiger charge is 2.59. The van der Waals surface area contributed by atoms with E-state index in [0.29, 0.717) is 41.5 Å². The Balaban J connectivity index is 1.46. The van der Waals surface area contributed by atoms with Gasteiger partial charge in [0.2, 0.25) is 25.9 Å². The second-order valence-electron chi connectivity index (χ2n) is 12.5. The smallest absolute Gasteiger partial charge is 0.224 e. The molecule has 2 heterocycles. The number of methoxy groups -OCH3 is 3. The SMILES string of the molecule is COc1ccc(CNS(=O)(=O)C2(Cc3ccc(OC)cc3)C(c3nnn(Cc4ccc(OC)cc4)n3)=CC=CC2S(=O)(=O)NC2CN(C)C2)cc1. The minimum atomic E-state index is -4.59. The van der Waals surface area contributed by atoms with Gasteiger partial charge >= 0.3 is 0 Å². The van der Waals surface area contributed by atoms with Crippen molar-refractivity contribution < 1.29 is 31.0 Å². The van der Waals surface area contributed by atoms with Crippen LogP contribution in [0, 0.1) is 0 Å². The van der Waals surface area contributed by atoms with Gasteiger partial charge in [-0.05, 0) is 71.8 Å². The van der Waals surface area contributed by atoms with Gasteiger partial charge in [0.05, 0.1) is 27.9 Å². The number of allylic oxidation sites excluding steroid dienone is 2. The second kappa shape index (κ2) is 14.9. The Kier molecular flexibility index (Phi) is 10.6. The molecule has 2 atom stereocenters. The van der Waals surface area contributed by atoms with Gasteiger partial charge in [-0.1, -0.05) is 54.6 Å². The second-order valence-corrected chi connectivity index (χ2v) is 16.4. The molecule has 2 aliphatic rings. The summed E-state index contributed by atoms with van der Waals surface area (Å²) in [6.07, 6.45) is 4.29. The molecular formula is C35H41N7O7S2. The molecular weight excluding hydrogens is 695 g/mol. The summed E-state index contributed by atoms with van der Waals surface area (Å²) >= 11 is 0. The third-order valence-electron chi connectivity index (χ3n) is 9.10. The Labute approximate surface area is 298 Å². The Hall–Kier alpha value is -4.61. The van der Waals surface area contributed by atoms with Crippen LogP contribution in [-0.4, -0.2) is 99.4 Å². The molecule has 0 bridgehead atoms. The summed E-state index contributed by atoms with van der Waals surface area (Å²) in [5, 5.41) is 11.6. The van der Waals surface area contributed by atoms with E-state index in [-0.39, 0.29) is 36.9 Å². The number of hydrogen-bond donors (Lipinski definition) is 2. The lowest BCUT2D eigenvalue weighted by atomic mass is 9.84. The molecule has 1 saturated heterocycles. The molecule has 0 amide bonds. The number of likely N-dealkylation sites (tertiary alicyclic amines) is 1. The van der Waals surface area contributed by atoms with Crippen LogP contribution in [0.4, 0.5) is 0 Å². The maximum absolute atomic E-state index is 15.1. The summed E-state index contributed by atoms with van der Waals surface area (Å²) < 4.78 is 78.4. The van der Waals surface area contributed by atoms with Gasteiger partial charge in [-0.3, -0.25) is 0 Å². The van der Waals surface area contributed by atoms with E-state index in [1.165, 1.54) is 18.0 Å². The topological polar surface area (TPSA) is 167 Å². The highest BCUT2D eigenvalue weighted by molar-refractivity contribution is 7.95. The minimum absolute atomic E-state index is 0.0141. The van der Waals surface area contributed by atoms with Gasteiger partial charge in [0.1, 0.15) is 27.2 Å². The van der Waals surface area contributed by atoms with Crippen molar-refractivity contribution in [1.82, 2.24) is 34.6 Å². The molecule has 4 aromatic rings. The highest BCUT2D eigenvalue weighted by Crippen LogP contribution is 2.44. The third kappa shape index (κ3) is 7.69.